The van der Waals surface area contributed by atoms with Gasteiger partial charge in [0.05, 0.1) is 12.2 Å². The normalized spacial score (nSPS) is 13.7. The number of nitrogens with one attached hydrogen (secondary N) is 1. The fourth-order valence-corrected chi connectivity index (χ4v) is 4.94. The number of carbonyl (C=O) groups excluding carboxylic acids is 4. The molecule has 0 unspecified atom stereocenters. The molecule has 2 aromatic carbocycles. The second kappa shape index (κ2) is 12.1. The predicted molar refractivity (Wildman–Crippen MR) is 137 cm³/mol. The Balaban J connectivity index is 1.72. The molecular weight excluding hydrogens is 553 g/mol. The van der Waals surface area contributed by atoms with Gasteiger partial charge in [-0.25, -0.2) is 22.0 Å². The van der Waals surface area contributed by atoms with Crippen molar-refractivity contribution >= 4 is 40.2 Å². The van der Waals surface area contributed by atoms with Gasteiger partial charge in [-0.3, -0.25) is 19.2 Å². The van der Waals surface area contributed by atoms with E-state index in [1.807, 2.05) is 0 Å². The van der Waals surface area contributed by atoms with E-state index in [1.54, 1.807) is 6.92 Å². The second-order valence-electron chi connectivity index (χ2n) is 9.64. The zero-order valence-corrected chi connectivity index (χ0v) is 22.2. The first-order valence-corrected chi connectivity index (χ1v) is 12.9. The van der Waals surface area contributed by atoms with Gasteiger partial charge in [0.1, 0.15) is 12.1 Å². The minimum Gasteiger partial charge on any atom is -0.465 e. The highest BCUT2D eigenvalue weighted by molar-refractivity contribution is 6.45. The number of benzene rings is 2. The highest BCUT2D eigenvalue weighted by atomic mass is 19.2. The number of hydrogen-bond acceptors (Lipinski definition) is 5. The van der Waals surface area contributed by atoms with Gasteiger partial charge < -0.3 is 19.5 Å². The quantitative estimate of drug-likeness (QED) is 0.0998. The average Bonchev–Trinajstić information content (AvgIpc) is 3.31. The second-order valence-corrected chi connectivity index (χ2v) is 9.64. The molecule has 8 nitrogen and oxygen atoms in total. The maximum absolute atomic E-state index is 14.2. The monoisotopic (exact) mass is 579 g/mol. The highest BCUT2D eigenvalue weighted by Gasteiger charge is 2.31. The molecule has 1 saturated carbocycles. The third-order valence-electron chi connectivity index (χ3n) is 7.06. The van der Waals surface area contributed by atoms with Crippen molar-refractivity contribution < 1.29 is 45.9 Å². The standard InChI is InChI=1S/C28H26F5N3O5/c1-3-41-19(37)13-36-12-17(26(38)28(40)35(2)15-7-5-4-6-8-15)16-11-14(9-10-18(16)36)34-27(39)20-21(29)23(31)25(33)24(32)22(20)30/h9-12,15H,3-8,13H2,1-2H3,(H,34,39). The Morgan fingerprint density at radius 3 is 2.17 bits per heavy atom. The fraction of sp³-hybridized carbons (Fsp3) is 0.357. The van der Waals surface area contributed by atoms with E-state index in [2.05, 4.69) is 5.32 Å². The molecule has 0 aliphatic heterocycles. The minimum atomic E-state index is -2.41. The molecule has 4 rings (SSSR count). The molecule has 1 heterocycles. The van der Waals surface area contributed by atoms with Crippen molar-refractivity contribution in [3.63, 3.8) is 0 Å². The summed E-state index contributed by atoms with van der Waals surface area (Å²) in [6.07, 6.45) is 5.64. The summed E-state index contributed by atoms with van der Waals surface area (Å²) in [5.74, 6) is -15.5. The zero-order chi connectivity index (χ0) is 30.0. The molecular formula is C28H26F5N3O5. The Morgan fingerprint density at radius 2 is 1.56 bits per heavy atom. The molecule has 13 heteroatoms. The predicted octanol–water partition coefficient (Wildman–Crippen LogP) is 5.13. The first kappa shape index (κ1) is 29.7. The van der Waals surface area contributed by atoms with Crippen LogP contribution >= 0.6 is 0 Å². The fourth-order valence-electron chi connectivity index (χ4n) is 4.94. The first-order chi connectivity index (χ1) is 19.5. The topological polar surface area (TPSA) is 97.7 Å². The van der Waals surface area contributed by atoms with Crippen molar-refractivity contribution in [2.75, 3.05) is 19.0 Å². The van der Waals surface area contributed by atoms with Crippen LogP contribution in [0.1, 0.15) is 59.7 Å². The third-order valence-corrected chi connectivity index (χ3v) is 7.06. The number of aromatic nitrogens is 1. The van der Waals surface area contributed by atoms with Crippen molar-refractivity contribution in [2.24, 2.45) is 0 Å². The van der Waals surface area contributed by atoms with Crippen LogP contribution in [0, 0.1) is 29.1 Å². The summed E-state index contributed by atoms with van der Waals surface area (Å²) in [4.78, 5) is 52.7. The van der Waals surface area contributed by atoms with E-state index in [1.165, 1.54) is 40.9 Å². The number of fused-ring (bicyclic) bond motifs is 1. The van der Waals surface area contributed by atoms with Crippen LogP contribution in [0.25, 0.3) is 10.9 Å². The summed E-state index contributed by atoms with van der Waals surface area (Å²) in [5.41, 5.74) is -1.71. The summed E-state index contributed by atoms with van der Waals surface area (Å²) in [7, 11) is 1.53. The lowest BCUT2D eigenvalue weighted by Gasteiger charge is -2.30. The zero-order valence-electron chi connectivity index (χ0n) is 22.2. The van der Waals surface area contributed by atoms with E-state index in [9.17, 15) is 41.1 Å². The van der Waals surface area contributed by atoms with E-state index in [0.29, 0.717) is 0 Å². The summed E-state index contributed by atoms with van der Waals surface area (Å²) in [6, 6.07) is 3.67. The number of carbonyl (C=O) groups is 4. The van der Waals surface area contributed by atoms with Crippen LogP contribution in [0.2, 0.25) is 0 Å². The number of anilines is 1. The first-order valence-electron chi connectivity index (χ1n) is 12.9. The molecule has 218 valence electrons. The summed E-state index contributed by atoms with van der Waals surface area (Å²) in [6.45, 7) is 1.39. The minimum absolute atomic E-state index is 0.0971. The Hall–Kier alpha value is -4.29. The number of ether oxygens (including phenoxy) is 1. The van der Waals surface area contributed by atoms with Gasteiger partial charge >= 0.3 is 5.97 Å². The molecule has 0 radical (unpaired) electrons. The summed E-state index contributed by atoms with van der Waals surface area (Å²) in [5, 5.41) is 2.16. The van der Waals surface area contributed by atoms with E-state index >= 15 is 0 Å². The van der Waals surface area contributed by atoms with E-state index in [-0.39, 0.29) is 41.3 Å². The SMILES string of the molecule is CCOC(=O)Cn1cc(C(=O)C(=O)N(C)C2CCCCC2)c2cc(NC(=O)c3c(F)c(F)c(F)c(F)c3F)ccc21. The van der Waals surface area contributed by atoms with Crippen LogP contribution < -0.4 is 5.32 Å². The van der Waals surface area contributed by atoms with Crippen molar-refractivity contribution in [2.45, 2.75) is 51.6 Å². The molecule has 41 heavy (non-hydrogen) atoms. The lowest BCUT2D eigenvalue weighted by Crippen LogP contribution is -2.42. The summed E-state index contributed by atoms with van der Waals surface area (Å²) >= 11 is 0. The van der Waals surface area contributed by atoms with E-state index < -0.39 is 58.2 Å². The lowest BCUT2D eigenvalue weighted by atomic mass is 9.94. The van der Waals surface area contributed by atoms with Crippen molar-refractivity contribution in [1.82, 2.24) is 9.47 Å². The van der Waals surface area contributed by atoms with Gasteiger partial charge in [-0.15, -0.1) is 0 Å². The molecule has 0 saturated heterocycles. The Labute approximate surface area is 231 Å². The molecule has 0 spiro atoms. The Bertz CT molecular complexity index is 1520. The van der Waals surface area contributed by atoms with Crippen LogP contribution in [-0.2, 0) is 20.9 Å². The number of Topliss-reactive ketones (excluding diaryl/α,β-unsaturated/α-hetero) is 1. The van der Waals surface area contributed by atoms with Crippen LogP contribution in [-0.4, -0.2) is 52.7 Å². The number of amides is 2. The summed E-state index contributed by atoms with van der Waals surface area (Å²) < 4.78 is 75.3. The number of likely N-dealkylation sites (N-methyl/N-ethyl adjacent to an activating group) is 1. The molecule has 0 atom stereocenters. The third kappa shape index (κ3) is 5.79. The smallest absolute Gasteiger partial charge is 0.325 e. The number of rotatable bonds is 8. The molecule has 2 amide bonds. The van der Waals surface area contributed by atoms with Crippen molar-refractivity contribution in [3.05, 3.63) is 64.6 Å². The van der Waals surface area contributed by atoms with E-state index in [4.69, 9.17) is 4.74 Å². The maximum Gasteiger partial charge on any atom is 0.325 e. The number of nitrogens with zero attached hydrogens (tertiary/aromatic N) is 2. The van der Waals surface area contributed by atoms with Gasteiger partial charge in [0.25, 0.3) is 17.6 Å². The van der Waals surface area contributed by atoms with Gasteiger partial charge in [-0.05, 0) is 38.0 Å². The van der Waals surface area contributed by atoms with Crippen LogP contribution in [0.3, 0.4) is 0 Å². The molecule has 1 aliphatic carbocycles. The molecule has 1 fully saturated rings. The van der Waals surface area contributed by atoms with Gasteiger partial charge in [0.15, 0.2) is 23.3 Å². The Kier molecular flexibility index (Phi) is 8.74. The molecule has 1 aromatic heterocycles. The average molecular weight is 580 g/mol. The number of esters is 1. The van der Waals surface area contributed by atoms with Crippen LogP contribution in [0.4, 0.5) is 27.6 Å². The molecule has 0 bridgehead atoms. The van der Waals surface area contributed by atoms with Crippen molar-refractivity contribution in [3.8, 4) is 0 Å². The Morgan fingerprint density at radius 1 is 0.951 bits per heavy atom. The largest absolute Gasteiger partial charge is 0.465 e. The number of hydrogen-bond donors (Lipinski definition) is 1. The maximum atomic E-state index is 14.2. The van der Waals surface area contributed by atoms with Gasteiger partial charge in [0, 0.05) is 35.9 Å². The van der Waals surface area contributed by atoms with E-state index in [0.717, 1.165) is 32.1 Å². The number of halogens is 5. The van der Waals surface area contributed by atoms with Gasteiger partial charge in [-0.2, -0.15) is 0 Å². The highest BCUT2D eigenvalue weighted by Crippen LogP contribution is 2.29. The molecule has 1 N–H and O–H groups in total. The van der Waals surface area contributed by atoms with Gasteiger partial charge in [0.2, 0.25) is 5.82 Å². The number of ketones is 1. The van der Waals surface area contributed by atoms with Crippen molar-refractivity contribution in [1.29, 1.82) is 0 Å². The molecule has 3 aromatic rings. The lowest BCUT2D eigenvalue weighted by molar-refractivity contribution is -0.143. The van der Waals surface area contributed by atoms with Crippen LogP contribution in [0.5, 0.6) is 0 Å². The van der Waals surface area contributed by atoms with Crippen LogP contribution in [0.15, 0.2) is 24.4 Å². The molecule has 1 aliphatic rings. The van der Waals surface area contributed by atoms with Gasteiger partial charge in [-0.1, -0.05) is 19.3 Å².